The molecule has 31 heavy (non-hydrogen) atoms. The van der Waals surface area contributed by atoms with Crippen molar-refractivity contribution in [3.8, 4) is 17.1 Å². The van der Waals surface area contributed by atoms with Gasteiger partial charge in [-0.2, -0.15) is 0 Å². The topological polar surface area (TPSA) is 55.6 Å². The lowest BCUT2D eigenvalue weighted by Crippen LogP contribution is -2.30. The number of benzene rings is 2. The van der Waals surface area contributed by atoms with Crippen molar-refractivity contribution in [3.63, 3.8) is 0 Å². The molecule has 7 heteroatoms. The van der Waals surface area contributed by atoms with Crippen LogP contribution in [0.15, 0.2) is 53.1 Å². The van der Waals surface area contributed by atoms with Crippen LogP contribution in [0.3, 0.4) is 0 Å². The zero-order valence-electron chi connectivity index (χ0n) is 17.3. The van der Waals surface area contributed by atoms with E-state index in [0.29, 0.717) is 25.5 Å². The highest BCUT2D eigenvalue weighted by molar-refractivity contribution is 5.77. The van der Waals surface area contributed by atoms with Crippen LogP contribution in [-0.2, 0) is 11.2 Å². The van der Waals surface area contributed by atoms with Crippen LogP contribution in [0, 0.1) is 11.6 Å². The SMILES string of the molecule is CCOc1ccc(C2CCCN2C(=O)CCc2ncc(-c3ccc(F)cc3F)o2)cc1. The number of hydrogen-bond donors (Lipinski definition) is 0. The molecule has 0 N–H and O–H groups in total. The third kappa shape index (κ3) is 4.76. The number of hydrogen-bond acceptors (Lipinski definition) is 4. The summed E-state index contributed by atoms with van der Waals surface area (Å²) in [4.78, 5) is 18.9. The van der Waals surface area contributed by atoms with E-state index < -0.39 is 11.6 Å². The van der Waals surface area contributed by atoms with Crippen molar-refractivity contribution in [1.29, 1.82) is 0 Å². The Morgan fingerprint density at radius 3 is 2.77 bits per heavy atom. The van der Waals surface area contributed by atoms with Crippen LogP contribution in [0.5, 0.6) is 5.75 Å². The molecule has 162 valence electrons. The van der Waals surface area contributed by atoms with E-state index in [1.165, 1.54) is 18.3 Å². The number of aromatic nitrogens is 1. The zero-order chi connectivity index (χ0) is 21.8. The van der Waals surface area contributed by atoms with E-state index >= 15 is 0 Å². The van der Waals surface area contributed by atoms with E-state index in [0.717, 1.165) is 30.2 Å². The Morgan fingerprint density at radius 1 is 1.23 bits per heavy atom. The second-order valence-corrected chi connectivity index (χ2v) is 7.49. The van der Waals surface area contributed by atoms with Crippen LogP contribution < -0.4 is 4.74 Å². The maximum Gasteiger partial charge on any atom is 0.223 e. The summed E-state index contributed by atoms with van der Waals surface area (Å²) >= 11 is 0. The summed E-state index contributed by atoms with van der Waals surface area (Å²) in [5.74, 6) is 0.0501. The van der Waals surface area contributed by atoms with Gasteiger partial charge in [-0.1, -0.05) is 12.1 Å². The minimum Gasteiger partial charge on any atom is -0.494 e. The average Bonchev–Trinajstić information content (AvgIpc) is 3.43. The standard InChI is InChI=1S/C24H24F2N2O3/c1-2-30-18-8-5-16(6-9-18)21-4-3-13-28(21)24(29)12-11-23-27-15-22(31-23)19-10-7-17(25)14-20(19)26/h5-10,14-15,21H,2-4,11-13H2,1H3. The molecule has 0 bridgehead atoms. The van der Waals surface area contributed by atoms with Gasteiger partial charge in [0, 0.05) is 25.5 Å². The van der Waals surface area contributed by atoms with Gasteiger partial charge in [-0.05, 0) is 49.6 Å². The van der Waals surface area contributed by atoms with Gasteiger partial charge in [-0.3, -0.25) is 4.79 Å². The number of amides is 1. The summed E-state index contributed by atoms with van der Waals surface area (Å²) in [7, 11) is 0. The molecule has 1 aliphatic heterocycles. The largest absolute Gasteiger partial charge is 0.494 e. The Hall–Kier alpha value is -3.22. The van der Waals surface area contributed by atoms with Crippen molar-refractivity contribution in [2.24, 2.45) is 0 Å². The molecule has 0 radical (unpaired) electrons. The molecule has 1 fully saturated rings. The number of aryl methyl sites for hydroxylation is 1. The third-order valence-corrected chi connectivity index (χ3v) is 5.45. The van der Waals surface area contributed by atoms with E-state index in [1.54, 1.807) is 0 Å². The lowest BCUT2D eigenvalue weighted by atomic mass is 10.0. The van der Waals surface area contributed by atoms with E-state index in [1.807, 2.05) is 36.1 Å². The highest BCUT2D eigenvalue weighted by Crippen LogP contribution is 2.33. The van der Waals surface area contributed by atoms with Crippen molar-refractivity contribution < 1.29 is 22.7 Å². The molecule has 0 aliphatic carbocycles. The number of carbonyl (C=O) groups is 1. The Labute approximate surface area is 179 Å². The van der Waals surface area contributed by atoms with Crippen LogP contribution in [0.1, 0.15) is 43.7 Å². The van der Waals surface area contributed by atoms with Crippen LogP contribution in [-0.4, -0.2) is 28.9 Å². The first-order valence-electron chi connectivity index (χ1n) is 10.5. The Balaban J connectivity index is 1.38. The summed E-state index contributed by atoms with van der Waals surface area (Å²) in [6.45, 7) is 3.27. The summed E-state index contributed by atoms with van der Waals surface area (Å²) in [5, 5.41) is 0. The van der Waals surface area contributed by atoms with Crippen molar-refractivity contribution in [2.75, 3.05) is 13.2 Å². The number of ether oxygens (including phenoxy) is 1. The Morgan fingerprint density at radius 2 is 2.03 bits per heavy atom. The predicted octanol–water partition coefficient (Wildman–Crippen LogP) is 5.31. The molecule has 1 unspecified atom stereocenters. The maximum atomic E-state index is 13.9. The normalized spacial score (nSPS) is 16.0. The maximum absolute atomic E-state index is 13.9. The average molecular weight is 426 g/mol. The molecule has 2 aromatic carbocycles. The molecule has 3 aromatic rings. The molecule has 1 saturated heterocycles. The van der Waals surface area contributed by atoms with Crippen LogP contribution in [0.2, 0.25) is 0 Å². The second-order valence-electron chi connectivity index (χ2n) is 7.49. The van der Waals surface area contributed by atoms with Gasteiger partial charge in [0.1, 0.15) is 17.4 Å². The van der Waals surface area contributed by atoms with E-state index in [2.05, 4.69) is 4.98 Å². The lowest BCUT2D eigenvalue weighted by molar-refractivity contribution is -0.132. The van der Waals surface area contributed by atoms with E-state index in [-0.39, 0.29) is 29.7 Å². The van der Waals surface area contributed by atoms with Gasteiger partial charge in [0.15, 0.2) is 11.7 Å². The van der Waals surface area contributed by atoms with Crippen LogP contribution in [0.4, 0.5) is 8.78 Å². The van der Waals surface area contributed by atoms with Gasteiger partial charge in [0.05, 0.1) is 24.4 Å². The molecule has 4 rings (SSSR count). The molecule has 0 spiro atoms. The lowest BCUT2D eigenvalue weighted by Gasteiger charge is -2.25. The van der Waals surface area contributed by atoms with Gasteiger partial charge in [0.2, 0.25) is 5.91 Å². The monoisotopic (exact) mass is 426 g/mol. The van der Waals surface area contributed by atoms with Crippen molar-refractivity contribution in [2.45, 2.75) is 38.6 Å². The molecular formula is C24H24F2N2O3. The first-order chi connectivity index (χ1) is 15.0. The van der Waals surface area contributed by atoms with Crippen molar-refractivity contribution in [1.82, 2.24) is 9.88 Å². The van der Waals surface area contributed by atoms with Gasteiger partial charge in [-0.15, -0.1) is 0 Å². The van der Waals surface area contributed by atoms with E-state index in [9.17, 15) is 13.6 Å². The van der Waals surface area contributed by atoms with Gasteiger partial charge in [0.25, 0.3) is 0 Å². The predicted molar refractivity (Wildman–Crippen MR) is 111 cm³/mol. The summed E-state index contributed by atoms with van der Waals surface area (Å²) in [5.41, 5.74) is 1.24. The third-order valence-electron chi connectivity index (χ3n) is 5.45. The Bertz CT molecular complexity index is 1050. The fraction of sp³-hybridized carbons (Fsp3) is 0.333. The van der Waals surface area contributed by atoms with Crippen LogP contribution >= 0.6 is 0 Å². The quantitative estimate of drug-likeness (QED) is 0.513. The second kappa shape index (κ2) is 9.29. The molecule has 0 saturated carbocycles. The number of carbonyl (C=O) groups excluding carboxylic acids is 1. The first-order valence-corrected chi connectivity index (χ1v) is 10.5. The molecule has 1 amide bonds. The van der Waals surface area contributed by atoms with Crippen LogP contribution in [0.25, 0.3) is 11.3 Å². The molecule has 5 nitrogen and oxygen atoms in total. The number of rotatable bonds is 7. The smallest absolute Gasteiger partial charge is 0.223 e. The minimum absolute atomic E-state index is 0.0316. The van der Waals surface area contributed by atoms with Gasteiger partial charge in [-0.25, -0.2) is 13.8 Å². The molecule has 2 heterocycles. The molecule has 1 aliphatic rings. The molecule has 1 aromatic heterocycles. The number of likely N-dealkylation sites (tertiary alicyclic amines) is 1. The van der Waals surface area contributed by atoms with E-state index in [4.69, 9.17) is 9.15 Å². The minimum atomic E-state index is -0.714. The summed E-state index contributed by atoms with van der Waals surface area (Å²) in [6.07, 6.45) is 3.84. The zero-order valence-corrected chi connectivity index (χ0v) is 17.3. The van der Waals surface area contributed by atoms with Crippen molar-refractivity contribution in [3.05, 3.63) is 71.8 Å². The van der Waals surface area contributed by atoms with Gasteiger partial charge >= 0.3 is 0 Å². The Kier molecular flexibility index (Phi) is 6.30. The number of nitrogens with zero attached hydrogens (tertiary/aromatic N) is 2. The van der Waals surface area contributed by atoms with Crippen molar-refractivity contribution >= 4 is 5.91 Å². The highest BCUT2D eigenvalue weighted by Gasteiger charge is 2.29. The fourth-order valence-corrected chi connectivity index (χ4v) is 3.96. The van der Waals surface area contributed by atoms with Gasteiger partial charge < -0.3 is 14.1 Å². The number of oxazole rings is 1. The first kappa shape index (κ1) is 21.0. The summed E-state index contributed by atoms with van der Waals surface area (Å²) < 4.78 is 38.1. The molecular weight excluding hydrogens is 402 g/mol. The summed E-state index contributed by atoms with van der Waals surface area (Å²) in [6, 6.07) is 11.2. The highest BCUT2D eigenvalue weighted by atomic mass is 19.1. The molecule has 1 atom stereocenters. The fourth-order valence-electron chi connectivity index (χ4n) is 3.96. The number of halogens is 2.